The van der Waals surface area contributed by atoms with Gasteiger partial charge in [-0.1, -0.05) is 6.07 Å². The molecule has 0 amide bonds. The molecule has 0 radical (unpaired) electrons. The minimum absolute atomic E-state index is 0.701. The highest BCUT2D eigenvalue weighted by atomic mass is 16.5. The average Bonchev–Trinajstić information content (AvgIpc) is 3.00. The van der Waals surface area contributed by atoms with E-state index >= 15 is 0 Å². The van der Waals surface area contributed by atoms with Crippen molar-refractivity contribution in [2.75, 3.05) is 26.8 Å². The number of nitrogens with one attached hydrogen (secondary N) is 1. The summed E-state index contributed by atoms with van der Waals surface area (Å²) >= 11 is 0. The van der Waals surface area contributed by atoms with Crippen molar-refractivity contribution in [3.05, 3.63) is 30.5 Å². The summed E-state index contributed by atoms with van der Waals surface area (Å²) in [5.74, 6) is 2.29. The number of ether oxygens (including phenoxy) is 2. The number of hydrogen-bond donors (Lipinski definition) is 1. The van der Waals surface area contributed by atoms with E-state index in [0.29, 0.717) is 5.88 Å². The van der Waals surface area contributed by atoms with E-state index in [2.05, 4.69) is 10.3 Å². The molecular formula is C16H20N2O2. The molecule has 106 valence electrons. The second-order valence-electron chi connectivity index (χ2n) is 5.17. The van der Waals surface area contributed by atoms with Crippen molar-refractivity contribution in [2.24, 2.45) is 5.92 Å². The van der Waals surface area contributed by atoms with Crippen molar-refractivity contribution < 1.29 is 9.47 Å². The van der Waals surface area contributed by atoms with Crippen LogP contribution in [0.15, 0.2) is 30.5 Å². The molecule has 0 aliphatic carbocycles. The van der Waals surface area contributed by atoms with Crippen molar-refractivity contribution in [1.29, 1.82) is 0 Å². The van der Waals surface area contributed by atoms with Crippen LogP contribution in [0.25, 0.3) is 10.8 Å². The minimum atomic E-state index is 0.701. The summed E-state index contributed by atoms with van der Waals surface area (Å²) in [6, 6.07) is 7.91. The van der Waals surface area contributed by atoms with E-state index in [0.717, 1.165) is 48.6 Å². The molecule has 2 aromatic rings. The standard InChI is InChI=1S/C16H20N2O2/c1-19-15-4-2-3-14-13(15)6-9-18-16(14)20-10-7-12-5-8-17-11-12/h2-4,6,9,12,17H,5,7-8,10-11H2,1H3. The zero-order valence-electron chi connectivity index (χ0n) is 11.8. The van der Waals surface area contributed by atoms with Crippen LogP contribution in [0, 0.1) is 5.92 Å². The van der Waals surface area contributed by atoms with Gasteiger partial charge >= 0.3 is 0 Å². The van der Waals surface area contributed by atoms with Crippen LogP contribution < -0.4 is 14.8 Å². The molecule has 1 atom stereocenters. The van der Waals surface area contributed by atoms with Gasteiger partial charge in [0.05, 0.1) is 13.7 Å². The molecular weight excluding hydrogens is 252 g/mol. The summed E-state index contributed by atoms with van der Waals surface area (Å²) in [7, 11) is 1.68. The Hall–Kier alpha value is -1.81. The van der Waals surface area contributed by atoms with Gasteiger partial charge < -0.3 is 14.8 Å². The molecule has 0 saturated carbocycles. The van der Waals surface area contributed by atoms with E-state index in [1.165, 1.54) is 6.42 Å². The number of nitrogens with zero attached hydrogens (tertiary/aromatic N) is 1. The molecule has 1 saturated heterocycles. The monoisotopic (exact) mass is 272 g/mol. The molecule has 2 heterocycles. The van der Waals surface area contributed by atoms with Crippen molar-refractivity contribution >= 4 is 10.8 Å². The van der Waals surface area contributed by atoms with Crippen LogP contribution in [-0.4, -0.2) is 31.8 Å². The van der Waals surface area contributed by atoms with Crippen LogP contribution in [0.1, 0.15) is 12.8 Å². The Labute approximate surface area is 119 Å². The van der Waals surface area contributed by atoms with Gasteiger partial charge in [0.1, 0.15) is 5.75 Å². The summed E-state index contributed by atoms with van der Waals surface area (Å²) in [6.45, 7) is 2.96. The molecule has 0 bridgehead atoms. The second-order valence-corrected chi connectivity index (χ2v) is 5.17. The predicted octanol–water partition coefficient (Wildman–Crippen LogP) is 2.62. The van der Waals surface area contributed by atoms with Gasteiger partial charge in [0, 0.05) is 17.0 Å². The normalized spacial score (nSPS) is 18.4. The number of methoxy groups -OCH3 is 1. The van der Waals surface area contributed by atoms with E-state index in [1.807, 2.05) is 24.3 Å². The molecule has 1 aliphatic rings. The minimum Gasteiger partial charge on any atom is -0.496 e. The lowest BCUT2D eigenvalue weighted by molar-refractivity contribution is 0.277. The van der Waals surface area contributed by atoms with Crippen molar-refractivity contribution in [2.45, 2.75) is 12.8 Å². The highest BCUT2D eigenvalue weighted by Gasteiger charge is 2.14. The Morgan fingerprint density at radius 2 is 2.25 bits per heavy atom. The average molecular weight is 272 g/mol. The lowest BCUT2D eigenvalue weighted by Gasteiger charge is -2.12. The third-order valence-electron chi connectivity index (χ3n) is 3.88. The van der Waals surface area contributed by atoms with E-state index in [4.69, 9.17) is 9.47 Å². The fourth-order valence-electron chi connectivity index (χ4n) is 2.73. The van der Waals surface area contributed by atoms with Crippen LogP contribution in [0.4, 0.5) is 0 Å². The van der Waals surface area contributed by atoms with Gasteiger partial charge in [-0.25, -0.2) is 4.98 Å². The van der Waals surface area contributed by atoms with E-state index in [1.54, 1.807) is 13.3 Å². The summed E-state index contributed by atoms with van der Waals surface area (Å²) in [4.78, 5) is 4.35. The van der Waals surface area contributed by atoms with Crippen LogP contribution >= 0.6 is 0 Å². The highest BCUT2D eigenvalue weighted by Crippen LogP contribution is 2.30. The Bertz CT molecular complexity index is 580. The van der Waals surface area contributed by atoms with E-state index < -0.39 is 0 Å². The van der Waals surface area contributed by atoms with E-state index in [9.17, 15) is 0 Å². The fourth-order valence-corrected chi connectivity index (χ4v) is 2.73. The molecule has 3 rings (SSSR count). The van der Waals surface area contributed by atoms with Crippen LogP contribution in [0.2, 0.25) is 0 Å². The predicted molar refractivity (Wildman–Crippen MR) is 79.4 cm³/mol. The van der Waals surface area contributed by atoms with Crippen molar-refractivity contribution in [3.63, 3.8) is 0 Å². The molecule has 1 N–H and O–H groups in total. The Morgan fingerprint density at radius 1 is 1.30 bits per heavy atom. The quantitative estimate of drug-likeness (QED) is 0.908. The van der Waals surface area contributed by atoms with Gasteiger partial charge in [0.2, 0.25) is 5.88 Å². The molecule has 0 spiro atoms. The Balaban J connectivity index is 1.74. The van der Waals surface area contributed by atoms with Gasteiger partial charge in [-0.05, 0) is 50.0 Å². The zero-order chi connectivity index (χ0) is 13.8. The van der Waals surface area contributed by atoms with Crippen LogP contribution in [0.3, 0.4) is 0 Å². The number of fused-ring (bicyclic) bond motifs is 1. The Kier molecular flexibility index (Phi) is 4.02. The zero-order valence-corrected chi connectivity index (χ0v) is 11.8. The van der Waals surface area contributed by atoms with Gasteiger partial charge in [-0.2, -0.15) is 0 Å². The first-order valence-electron chi connectivity index (χ1n) is 7.13. The number of pyridine rings is 1. The fraction of sp³-hybridized carbons (Fsp3) is 0.438. The summed E-state index contributed by atoms with van der Waals surface area (Å²) < 4.78 is 11.3. The molecule has 1 fully saturated rings. The number of aromatic nitrogens is 1. The maximum Gasteiger partial charge on any atom is 0.221 e. The van der Waals surface area contributed by atoms with Crippen molar-refractivity contribution in [3.8, 4) is 11.6 Å². The molecule has 1 aliphatic heterocycles. The molecule has 1 aromatic heterocycles. The molecule has 1 aromatic carbocycles. The highest BCUT2D eigenvalue weighted by molar-refractivity contribution is 5.91. The summed E-state index contributed by atoms with van der Waals surface area (Å²) in [5, 5.41) is 5.43. The second kappa shape index (κ2) is 6.09. The summed E-state index contributed by atoms with van der Waals surface area (Å²) in [5.41, 5.74) is 0. The SMILES string of the molecule is COc1cccc2c(OCCC3CCNC3)nccc12. The van der Waals surface area contributed by atoms with Gasteiger partial charge in [-0.15, -0.1) is 0 Å². The first kappa shape index (κ1) is 13.2. The van der Waals surface area contributed by atoms with Gasteiger partial charge in [0.15, 0.2) is 0 Å². The van der Waals surface area contributed by atoms with Gasteiger partial charge in [0.25, 0.3) is 0 Å². The first-order chi connectivity index (χ1) is 9.88. The molecule has 4 nitrogen and oxygen atoms in total. The molecule has 20 heavy (non-hydrogen) atoms. The van der Waals surface area contributed by atoms with Gasteiger partial charge in [-0.3, -0.25) is 0 Å². The number of benzene rings is 1. The Morgan fingerprint density at radius 3 is 3.05 bits per heavy atom. The topological polar surface area (TPSA) is 43.4 Å². The van der Waals surface area contributed by atoms with Crippen LogP contribution in [-0.2, 0) is 0 Å². The number of rotatable bonds is 5. The lowest BCUT2D eigenvalue weighted by atomic mass is 10.1. The van der Waals surface area contributed by atoms with Crippen molar-refractivity contribution in [1.82, 2.24) is 10.3 Å². The summed E-state index contributed by atoms with van der Waals surface area (Å²) in [6.07, 6.45) is 4.10. The first-order valence-corrected chi connectivity index (χ1v) is 7.13. The van der Waals surface area contributed by atoms with Crippen LogP contribution in [0.5, 0.6) is 11.6 Å². The third kappa shape index (κ3) is 2.70. The lowest BCUT2D eigenvalue weighted by Crippen LogP contribution is -2.12. The number of hydrogen-bond acceptors (Lipinski definition) is 4. The molecule has 4 heteroatoms. The maximum atomic E-state index is 5.89. The van der Waals surface area contributed by atoms with E-state index in [-0.39, 0.29) is 0 Å². The molecule has 1 unspecified atom stereocenters. The third-order valence-corrected chi connectivity index (χ3v) is 3.88. The largest absolute Gasteiger partial charge is 0.496 e. The smallest absolute Gasteiger partial charge is 0.221 e. The maximum absolute atomic E-state index is 5.89.